The summed E-state index contributed by atoms with van der Waals surface area (Å²) >= 11 is 0. The van der Waals surface area contributed by atoms with E-state index >= 15 is 0 Å². The van der Waals surface area contributed by atoms with Gasteiger partial charge in [0, 0.05) is 17.8 Å². The zero-order chi connectivity index (χ0) is 11.5. The number of nitrogens with zero attached hydrogens (tertiary/aromatic N) is 1. The van der Waals surface area contributed by atoms with Crippen LogP contribution in [-0.2, 0) is 6.54 Å². The zero-order valence-electron chi connectivity index (χ0n) is 9.70. The maximum atomic E-state index is 5.64. The van der Waals surface area contributed by atoms with Crippen molar-refractivity contribution in [1.82, 2.24) is 9.97 Å². The average molecular weight is 215 g/mol. The monoisotopic (exact) mass is 215 g/mol. The van der Waals surface area contributed by atoms with Gasteiger partial charge in [-0.25, -0.2) is 4.98 Å². The fourth-order valence-corrected chi connectivity index (χ4v) is 1.82. The van der Waals surface area contributed by atoms with Gasteiger partial charge in [-0.3, -0.25) is 0 Å². The van der Waals surface area contributed by atoms with Crippen molar-refractivity contribution in [3.8, 4) is 11.3 Å². The van der Waals surface area contributed by atoms with Crippen LogP contribution in [0.5, 0.6) is 0 Å². The van der Waals surface area contributed by atoms with E-state index in [9.17, 15) is 0 Å². The maximum Gasteiger partial charge on any atom is 0.0929 e. The smallest absolute Gasteiger partial charge is 0.0929 e. The number of rotatable bonds is 3. The minimum Gasteiger partial charge on any atom is -0.348 e. The minimum atomic E-state index is 0.444. The number of H-pyrrole nitrogens is 1. The Bertz CT molecular complexity index is 472. The molecule has 0 saturated heterocycles. The number of hydrogen-bond donors (Lipinski definition) is 2. The minimum absolute atomic E-state index is 0.444. The molecule has 16 heavy (non-hydrogen) atoms. The highest BCUT2D eigenvalue weighted by Crippen LogP contribution is 2.26. The predicted octanol–water partition coefficient (Wildman–Crippen LogP) is 2.66. The fraction of sp³-hybridized carbons (Fsp3) is 0.308. The lowest BCUT2D eigenvalue weighted by Gasteiger charge is -2.07. The summed E-state index contributed by atoms with van der Waals surface area (Å²) in [7, 11) is 0. The first kappa shape index (κ1) is 10.9. The standard InChI is InChI=1S/C13H17N3/c1-9(2)12-13(16-8-15-12)11-5-3-4-10(6-11)7-14/h3-6,8-9H,7,14H2,1-2H3,(H,15,16). The summed E-state index contributed by atoms with van der Waals surface area (Å²) in [6, 6.07) is 8.23. The molecule has 0 aliphatic heterocycles. The SMILES string of the molecule is CC(C)c1[nH]cnc1-c1cccc(CN)c1. The third-order valence-electron chi connectivity index (χ3n) is 2.68. The van der Waals surface area contributed by atoms with E-state index in [4.69, 9.17) is 5.73 Å². The van der Waals surface area contributed by atoms with Crippen LogP contribution >= 0.6 is 0 Å². The molecule has 0 radical (unpaired) electrons. The van der Waals surface area contributed by atoms with Crippen LogP contribution in [0.2, 0.25) is 0 Å². The summed E-state index contributed by atoms with van der Waals surface area (Å²) in [4.78, 5) is 7.59. The van der Waals surface area contributed by atoms with Crippen molar-refractivity contribution in [2.24, 2.45) is 5.73 Å². The van der Waals surface area contributed by atoms with E-state index in [-0.39, 0.29) is 0 Å². The lowest BCUT2D eigenvalue weighted by Crippen LogP contribution is -1.97. The van der Waals surface area contributed by atoms with Crippen molar-refractivity contribution in [3.63, 3.8) is 0 Å². The lowest BCUT2D eigenvalue weighted by molar-refractivity contribution is 0.835. The van der Waals surface area contributed by atoms with E-state index in [0.29, 0.717) is 12.5 Å². The molecule has 1 aromatic heterocycles. The summed E-state index contributed by atoms with van der Waals surface area (Å²) in [5.74, 6) is 0.444. The second-order valence-electron chi connectivity index (χ2n) is 4.22. The first-order valence-electron chi connectivity index (χ1n) is 5.55. The molecule has 2 rings (SSSR count). The number of aromatic nitrogens is 2. The van der Waals surface area contributed by atoms with E-state index in [1.54, 1.807) is 6.33 Å². The molecular formula is C13H17N3. The van der Waals surface area contributed by atoms with Crippen LogP contribution in [0.4, 0.5) is 0 Å². The molecule has 0 unspecified atom stereocenters. The van der Waals surface area contributed by atoms with Crippen LogP contribution in [0.3, 0.4) is 0 Å². The molecule has 0 bridgehead atoms. The molecule has 0 saturated carbocycles. The molecule has 84 valence electrons. The Labute approximate surface area is 95.7 Å². The second-order valence-corrected chi connectivity index (χ2v) is 4.22. The van der Waals surface area contributed by atoms with Crippen LogP contribution in [0, 0.1) is 0 Å². The molecule has 0 aliphatic carbocycles. The zero-order valence-corrected chi connectivity index (χ0v) is 9.70. The van der Waals surface area contributed by atoms with Crippen LogP contribution in [0.15, 0.2) is 30.6 Å². The Morgan fingerprint density at radius 2 is 2.19 bits per heavy atom. The highest BCUT2D eigenvalue weighted by molar-refractivity contribution is 5.63. The van der Waals surface area contributed by atoms with Gasteiger partial charge in [0.05, 0.1) is 12.0 Å². The van der Waals surface area contributed by atoms with E-state index in [0.717, 1.165) is 16.8 Å². The second kappa shape index (κ2) is 4.49. The third-order valence-corrected chi connectivity index (χ3v) is 2.68. The summed E-state index contributed by atoms with van der Waals surface area (Å²) in [6.07, 6.45) is 1.75. The quantitative estimate of drug-likeness (QED) is 0.827. The van der Waals surface area contributed by atoms with E-state index < -0.39 is 0 Å². The number of nitrogens with two attached hydrogens (primary N) is 1. The summed E-state index contributed by atoms with van der Waals surface area (Å²) in [5, 5.41) is 0. The van der Waals surface area contributed by atoms with Crippen LogP contribution in [0.25, 0.3) is 11.3 Å². The van der Waals surface area contributed by atoms with Gasteiger partial charge in [-0.15, -0.1) is 0 Å². The van der Waals surface area contributed by atoms with Gasteiger partial charge in [0.1, 0.15) is 0 Å². The predicted molar refractivity (Wildman–Crippen MR) is 66.0 cm³/mol. The first-order chi connectivity index (χ1) is 7.72. The summed E-state index contributed by atoms with van der Waals surface area (Å²) in [6.45, 7) is 4.88. The van der Waals surface area contributed by atoms with Gasteiger partial charge >= 0.3 is 0 Å². The molecule has 2 aromatic rings. The molecular weight excluding hydrogens is 198 g/mol. The number of imidazole rings is 1. The maximum absolute atomic E-state index is 5.64. The first-order valence-corrected chi connectivity index (χ1v) is 5.55. The molecule has 3 heteroatoms. The number of aromatic amines is 1. The van der Waals surface area contributed by atoms with Crippen LogP contribution in [-0.4, -0.2) is 9.97 Å². The third kappa shape index (κ3) is 1.99. The van der Waals surface area contributed by atoms with Crippen molar-refractivity contribution in [3.05, 3.63) is 41.9 Å². The Balaban J connectivity index is 2.46. The van der Waals surface area contributed by atoms with Gasteiger partial charge in [0.2, 0.25) is 0 Å². The topological polar surface area (TPSA) is 54.7 Å². The Morgan fingerprint density at radius 1 is 1.38 bits per heavy atom. The highest BCUT2D eigenvalue weighted by Gasteiger charge is 2.11. The van der Waals surface area contributed by atoms with Crippen molar-refractivity contribution in [2.75, 3.05) is 0 Å². The van der Waals surface area contributed by atoms with Gasteiger partial charge in [0.25, 0.3) is 0 Å². The number of nitrogens with one attached hydrogen (secondary N) is 1. The highest BCUT2D eigenvalue weighted by atomic mass is 14.9. The van der Waals surface area contributed by atoms with Crippen LogP contribution < -0.4 is 5.73 Å². The largest absolute Gasteiger partial charge is 0.348 e. The van der Waals surface area contributed by atoms with Gasteiger partial charge in [-0.2, -0.15) is 0 Å². The number of benzene rings is 1. The van der Waals surface area contributed by atoms with Gasteiger partial charge in [0.15, 0.2) is 0 Å². The molecule has 0 atom stereocenters. The lowest BCUT2D eigenvalue weighted by atomic mass is 10.0. The Kier molecular flexibility index (Phi) is 3.06. The van der Waals surface area contributed by atoms with Gasteiger partial charge in [-0.1, -0.05) is 32.0 Å². The van der Waals surface area contributed by atoms with Crippen molar-refractivity contribution < 1.29 is 0 Å². The van der Waals surface area contributed by atoms with Gasteiger partial charge < -0.3 is 10.7 Å². The molecule has 0 aliphatic rings. The molecule has 3 nitrogen and oxygen atoms in total. The number of hydrogen-bond acceptors (Lipinski definition) is 2. The fourth-order valence-electron chi connectivity index (χ4n) is 1.82. The summed E-state index contributed by atoms with van der Waals surface area (Å²) in [5.41, 5.74) is 10.1. The van der Waals surface area contributed by atoms with E-state index in [1.165, 1.54) is 5.69 Å². The van der Waals surface area contributed by atoms with Crippen molar-refractivity contribution >= 4 is 0 Å². The van der Waals surface area contributed by atoms with Gasteiger partial charge in [-0.05, 0) is 17.5 Å². The van der Waals surface area contributed by atoms with Crippen molar-refractivity contribution in [2.45, 2.75) is 26.3 Å². The molecule has 3 N–H and O–H groups in total. The molecule has 1 aromatic carbocycles. The van der Waals surface area contributed by atoms with Crippen molar-refractivity contribution in [1.29, 1.82) is 0 Å². The Hall–Kier alpha value is -1.61. The average Bonchev–Trinajstić information content (AvgIpc) is 2.78. The molecule has 0 amide bonds. The normalized spacial score (nSPS) is 11.0. The summed E-state index contributed by atoms with van der Waals surface area (Å²) < 4.78 is 0. The molecule has 1 heterocycles. The Morgan fingerprint density at radius 3 is 2.88 bits per heavy atom. The molecule has 0 spiro atoms. The van der Waals surface area contributed by atoms with E-state index in [2.05, 4.69) is 35.9 Å². The molecule has 0 fully saturated rings. The van der Waals surface area contributed by atoms with Crippen LogP contribution in [0.1, 0.15) is 31.0 Å². The van der Waals surface area contributed by atoms with E-state index in [1.807, 2.05) is 12.1 Å².